The summed E-state index contributed by atoms with van der Waals surface area (Å²) in [5.74, 6) is 3.92. The van der Waals surface area contributed by atoms with Gasteiger partial charge in [-0.15, -0.1) is 0 Å². The van der Waals surface area contributed by atoms with Crippen LogP contribution >= 0.6 is 0 Å². The van der Waals surface area contributed by atoms with Gasteiger partial charge in [0, 0.05) is 31.3 Å². The Morgan fingerprint density at radius 3 is 2.53 bits per heavy atom. The van der Waals surface area contributed by atoms with Gasteiger partial charge in [0.15, 0.2) is 11.5 Å². The Morgan fingerprint density at radius 1 is 1.03 bits per heavy atom. The number of hydrogen-bond acceptors (Lipinski definition) is 7. The van der Waals surface area contributed by atoms with Gasteiger partial charge in [-0.05, 0) is 76.4 Å². The van der Waals surface area contributed by atoms with Gasteiger partial charge in [-0.3, -0.25) is 4.90 Å². The van der Waals surface area contributed by atoms with Crippen LogP contribution in [0.3, 0.4) is 0 Å². The second-order valence-electron chi connectivity index (χ2n) is 9.05. The zero-order valence-electron chi connectivity index (χ0n) is 19.7. The van der Waals surface area contributed by atoms with E-state index in [9.17, 15) is 0 Å². The Morgan fingerprint density at radius 2 is 1.81 bits per heavy atom. The third-order valence-corrected chi connectivity index (χ3v) is 6.49. The van der Waals surface area contributed by atoms with Crippen LogP contribution in [0.1, 0.15) is 61.5 Å². The molecule has 4 rings (SSSR count). The van der Waals surface area contributed by atoms with E-state index in [1.165, 1.54) is 18.4 Å². The number of benzene rings is 1. The Balaban J connectivity index is 1.42. The summed E-state index contributed by atoms with van der Waals surface area (Å²) in [6.07, 6.45) is 7.37. The average molecular weight is 440 g/mol. The van der Waals surface area contributed by atoms with E-state index >= 15 is 0 Å². The molecule has 0 amide bonds. The van der Waals surface area contributed by atoms with Crippen molar-refractivity contribution < 1.29 is 9.47 Å². The van der Waals surface area contributed by atoms with E-state index in [2.05, 4.69) is 40.8 Å². The molecule has 0 spiro atoms. The van der Waals surface area contributed by atoms with Gasteiger partial charge in [-0.25, -0.2) is 9.97 Å². The molecule has 1 aromatic heterocycles. The maximum atomic E-state index is 6.18. The van der Waals surface area contributed by atoms with Crippen LogP contribution in [0.4, 0.5) is 5.82 Å². The first-order chi connectivity index (χ1) is 15.6. The number of aromatic nitrogens is 2. The quantitative estimate of drug-likeness (QED) is 0.613. The summed E-state index contributed by atoms with van der Waals surface area (Å²) < 4.78 is 11.8. The van der Waals surface area contributed by atoms with Crippen LogP contribution in [0.25, 0.3) is 0 Å². The molecule has 1 aliphatic heterocycles. The van der Waals surface area contributed by atoms with Crippen LogP contribution < -0.4 is 20.1 Å². The Bertz CT molecular complexity index is 879. The summed E-state index contributed by atoms with van der Waals surface area (Å²) in [7, 11) is 5.74. The number of nitrogens with zero attached hydrogens (tertiary/aromatic N) is 3. The molecule has 1 aliphatic carbocycles. The molecule has 7 nitrogen and oxygen atoms in total. The molecule has 2 fully saturated rings. The first kappa shape index (κ1) is 22.8. The van der Waals surface area contributed by atoms with Crippen molar-refractivity contribution >= 4 is 5.82 Å². The lowest BCUT2D eigenvalue weighted by Crippen LogP contribution is -2.27. The summed E-state index contributed by atoms with van der Waals surface area (Å²) in [5.41, 5.74) is 2.34. The van der Waals surface area contributed by atoms with Crippen LogP contribution in [0.2, 0.25) is 0 Å². The lowest BCUT2D eigenvalue weighted by Gasteiger charge is -2.23. The second kappa shape index (κ2) is 11.0. The molecule has 32 heavy (non-hydrogen) atoms. The number of ether oxygens (including phenoxy) is 2. The minimum Gasteiger partial charge on any atom is -0.493 e. The summed E-state index contributed by atoms with van der Waals surface area (Å²) in [6.45, 7) is 3.59. The molecule has 1 aromatic carbocycles. The van der Waals surface area contributed by atoms with Crippen molar-refractivity contribution in [2.24, 2.45) is 0 Å². The van der Waals surface area contributed by atoms with E-state index in [-0.39, 0.29) is 0 Å². The normalized spacial score (nSPS) is 17.6. The van der Waals surface area contributed by atoms with E-state index in [4.69, 9.17) is 19.4 Å². The largest absolute Gasteiger partial charge is 0.493 e. The Labute approximate surface area is 191 Å². The standard InChI is InChI=1S/C25H37N5O2/c1-26-24-15-21(19-10-12-27-13-11-19)28-25(29-24)17-30(2)16-18-8-9-22(23(14-18)31-3)32-20-6-4-5-7-20/h8-9,14-15,19-20,27H,4-7,10-13,16-17H2,1-3H3,(H,26,28,29). The zero-order valence-corrected chi connectivity index (χ0v) is 19.7. The molecule has 2 heterocycles. The van der Waals surface area contributed by atoms with E-state index in [1.54, 1.807) is 7.11 Å². The van der Waals surface area contributed by atoms with Crippen LogP contribution in [0, 0.1) is 0 Å². The molecule has 1 saturated carbocycles. The van der Waals surface area contributed by atoms with Crippen molar-refractivity contribution in [2.75, 3.05) is 39.6 Å². The van der Waals surface area contributed by atoms with Crippen molar-refractivity contribution in [1.29, 1.82) is 0 Å². The minimum atomic E-state index is 0.322. The van der Waals surface area contributed by atoms with Gasteiger partial charge in [0.05, 0.1) is 19.8 Å². The van der Waals surface area contributed by atoms with E-state index in [0.717, 1.165) is 74.2 Å². The predicted octanol–water partition coefficient (Wildman–Crippen LogP) is 3.95. The average Bonchev–Trinajstić information content (AvgIpc) is 3.33. The minimum absolute atomic E-state index is 0.322. The van der Waals surface area contributed by atoms with E-state index < -0.39 is 0 Å². The van der Waals surface area contributed by atoms with Gasteiger partial charge >= 0.3 is 0 Å². The van der Waals surface area contributed by atoms with Gasteiger partial charge in [-0.1, -0.05) is 6.07 Å². The van der Waals surface area contributed by atoms with Crippen molar-refractivity contribution in [3.8, 4) is 11.5 Å². The molecule has 0 unspecified atom stereocenters. The van der Waals surface area contributed by atoms with Crippen molar-refractivity contribution in [2.45, 2.75) is 63.6 Å². The highest BCUT2D eigenvalue weighted by Crippen LogP contribution is 2.32. The van der Waals surface area contributed by atoms with Crippen LogP contribution in [0.15, 0.2) is 24.3 Å². The van der Waals surface area contributed by atoms with Gasteiger partial charge < -0.3 is 20.1 Å². The number of hydrogen-bond donors (Lipinski definition) is 2. The Kier molecular flexibility index (Phi) is 7.81. The third kappa shape index (κ3) is 5.90. The molecule has 0 atom stereocenters. The number of nitrogens with one attached hydrogen (secondary N) is 2. The third-order valence-electron chi connectivity index (χ3n) is 6.49. The molecule has 2 aromatic rings. The van der Waals surface area contributed by atoms with Crippen LogP contribution in [0.5, 0.6) is 11.5 Å². The first-order valence-corrected chi connectivity index (χ1v) is 11.9. The molecule has 1 saturated heterocycles. The summed E-state index contributed by atoms with van der Waals surface area (Å²) in [6, 6.07) is 8.38. The zero-order chi connectivity index (χ0) is 22.3. The fraction of sp³-hybridized carbons (Fsp3) is 0.600. The predicted molar refractivity (Wildman–Crippen MR) is 127 cm³/mol. The SMILES string of the molecule is CNc1cc(C2CCNCC2)nc(CN(C)Cc2ccc(OC3CCCC3)c(OC)c2)n1. The maximum Gasteiger partial charge on any atom is 0.161 e. The second-order valence-corrected chi connectivity index (χ2v) is 9.05. The molecule has 2 N–H and O–H groups in total. The molecular formula is C25H37N5O2. The van der Waals surface area contributed by atoms with Gasteiger partial charge in [0.1, 0.15) is 11.6 Å². The molecule has 7 heteroatoms. The highest BCUT2D eigenvalue weighted by Gasteiger charge is 2.20. The lowest BCUT2D eigenvalue weighted by molar-refractivity contribution is 0.200. The van der Waals surface area contributed by atoms with Crippen molar-refractivity contribution in [3.05, 3.63) is 41.3 Å². The van der Waals surface area contributed by atoms with E-state index in [1.807, 2.05) is 13.1 Å². The topological polar surface area (TPSA) is 71.5 Å². The monoisotopic (exact) mass is 439 g/mol. The highest BCUT2D eigenvalue weighted by molar-refractivity contribution is 5.43. The number of methoxy groups -OCH3 is 1. The van der Waals surface area contributed by atoms with E-state index in [0.29, 0.717) is 18.6 Å². The number of anilines is 1. The van der Waals surface area contributed by atoms with Crippen molar-refractivity contribution in [1.82, 2.24) is 20.2 Å². The maximum absolute atomic E-state index is 6.18. The molecule has 0 radical (unpaired) electrons. The summed E-state index contributed by atoms with van der Waals surface area (Å²) in [4.78, 5) is 11.9. The molecule has 174 valence electrons. The van der Waals surface area contributed by atoms with Crippen LogP contribution in [-0.4, -0.2) is 55.3 Å². The molecule has 0 bridgehead atoms. The smallest absolute Gasteiger partial charge is 0.161 e. The number of piperidine rings is 1. The first-order valence-electron chi connectivity index (χ1n) is 11.9. The fourth-order valence-electron chi connectivity index (χ4n) is 4.75. The summed E-state index contributed by atoms with van der Waals surface area (Å²) in [5, 5.41) is 6.64. The summed E-state index contributed by atoms with van der Waals surface area (Å²) >= 11 is 0. The molecule has 2 aliphatic rings. The van der Waals surface area contributed by atoms with Gasteiger partial charge in [0.25, 0.3) is 0 Å². The lowest BCUT2D eigenvalue weighted by atomic mass is 9.94. The molecular weight excluding hydrogens is 402 g/mol. The highest BCUT2D eigenvalue weighted by atomic mass is 16.5. The Hall–Kier alpha value is -2.38. The number of rotatable bonds is 9. The van der Waals surface area contributed by atoms with Crippen molar-refractivity contribution in [3.63, 3.8) is 0 Å². The fourth-order valence-corrected chi connectivity index (χ4v) is 4.75. The van der Waals surface area contributed by atoms with Gasteiger partial charge in [0.2, 0.25) is 0 Å². The van der Waals surface area contributed by atoms with Crippen LogP contribution in [-0.2, 0) is 13.1 Å². The van der Waals surface area contributed by atoms with Gasteiger partial charge in [-0.2, -0.15) is 0 Å².